The predicted octanol–water partition coefficient (Wildman–Crippen LogP) is 2.45. The number of hydrogen-bond donors (Lipinski definition) is 0. The number of carbonyl (C=O) groups is 1. The number of ether oxygens (including phenoxy) is 3. The Morgan fingerprint density at radius 1 is 1.21 bits per heavy atom. The molecule has 0 spiro atoms. The molecule has 0 aliphatic rings. The summed E-state index contributed by atoms with van der Waals surface area (Å²) in [6.07, 6.45) is 1.55. The van der Waals surface area contributed by atoms with Crippen molar-refractivity contribution >= 4 is 6.29 Å². The number of aldehydes is 1. The Labute approximate surface area is 114 Å². The molecule has 0 fully saturated rings. The van der Waals surface area contributed by atoms with Crippen molar-refractivity contribution in [2.75, 3.05) is 20.8 Å². The molecule has 0 unspecified atom stereocenters. The second-order valence-corrected chi connectivity index (χ2v) is 4.46. The molecular weight excluding hydrogens is 244 g/mol. The molecule has 0 saturated heterocycles. The lowest BCUT2D eigenvalue weighted by atomic mass is 10.0. The largest absolute Gasteiger partial charge is 0.497 e. The third kappa shape index (κ3) is 5.41. The molecule has 1 aromatic rings. The molecule has 4 nitrogen and oxygen atoms in total. The molecule has 0 heterocycles. The van der Waals surface area contributed by atoms with Crippen molar-refractivity contribution in [2.24, 2.45) is 5.92 Å². The standard InChI is InChI=1S/C15H22O4/c1-12(10-16)15(18-3)8-9-19-11-13-4-6-14(17-2)7-5-13/h4-7,10,12,15H,8-9,11H2,1-3H3/t12-,15+/m0/s1. The molecule has 2 atom stereocenters. The normalized spacial score (nSPS) is 13.8. The second kappa shape index (κ2) is 8.67. The quantitative estimate of drug-likeness (QED) is 0.509. The highest BCUT2D eigenvalue weighted by Gasteiger charge is 2.15. The van der Waals surface area contributed by atoms with Gasteiger partial charge in [-0.1, -0.05) is 19.1 Å². The summed E-state index contributed by atoms with van der Waals surface area (Å²) in [5.41, 5.74) is 1.10. The van der Waals surface area contributed by atoms with Crippen LogP contribution in [0.1, 0.15) is 18.9 Å². The molecule has 0 bridgehead atoms. The van der Waals surface area contributed by atoms with E-state index < -0.39 is 0 Å². The zero-order chi connectivity index (χ0) is 14.1. The average molecular weight is 266 g/mol. The van der Waals surface area contributed by atoms with Crippen molar-refractivity contribution in [3.8, 4) is 5.75 Å². The summed E-state index contributed by atoms with van der Waals surface area (Å²) in [4.78, 5) is 10.7. The van der Waals surface area contributed by atoms with Gasteiger partial charge in [0.1, 0.15) is 12.0 Å². The topological polar surface area (TPSA) is 44.8 Å². The van der Waals surface area contributed by atoms with Gasteiger partial charge in [-0.2, -0.15) is 0 Å². The summed E-state index contributed by atoms with van der Waals surface area (Å²) < 4.78 is 15.9. The van der Waals surface area contributed by atoms with Gasteiger partial charge in [0.2, 0.25) is 0 Å². The van der Waals surface area contributed by atoms with E-state index in [9.17, 15) is 4.79 Å². The molecule has 0 N–H and O–H groups in total. The van der Waals surface area contributed by atoms with Gasteiger partial charge in [0.15, 0.2) is 0 Å². The van der Waals surface area contributed by atoms with Gasteiger partial charge >= 0.3 is 0 Å². The zero-order valence-corrected chi connectivity index (χ0v) is 11.8. The molecule has 19 heavy (non-hydrogen) atoms. The Morgan fingerprint density at radius 2 is 1.89 bits per heavy atom. The fraction of sp³-hybridized carbons (Fsp3) is 0.533. The van der Waals surface area contributed by atoms with E-state index in [0.29, 0.717) is 19.6 Å². The van der Waals surface area contributed by atoms with Crippen molar-refractivity contribution in [1.82, 2.24) is 0 Å². The first kappa shape index (κ1) is 15.7. The van der Waals surface area contributed by atoms with Crippen molar-refractivity contribution in [1.29, 1.82) is 0 Å². The minimum absolute atomic E-state index is 0.0756. The molecule has 0 aliphatic carbocycles. The van der Waals surface area contributed by atoms with Crippen LogP contribution in [-0.4, -0.2) is 33.2 Å². The summed E-state index contributed by atoms with van der Waals surface area (Å²) in [6.45, 7) is 2.98. The van der Waals surface area contributed by atoms with Gasteiger partial charge in [0.05, 0.1) is 19.8 Å². The van der Waals surface area contributed by atoms with Crippen molar-refractivity contribution in [3.05, 3.63) is 29.8 Å². The van der Waals surface area contributed by atoms with Gasteiger partial charge in [0.25, 0.3) is 0 Å². The average Bonchev–Trinajstić information content (AvgIpc) is 2.47. The number of carbonyl (C=O) groups excluding carboxylic acids is 1. The molecule has 4 heteroatoms. The van der Waals surface area contributed by atoms with Crippen LogP contribution in [0.25, 0.3) is 0 Å². The maximum Gasteiger partial charge on any atom is 0.125 e. The number of hydrogen-bond acceptors (Lipinski definition) is 4. The maximum atomic E-state index is 10.7. The number of benzene rings is 1. The van der Waals surface area contributed by atoms with E-state index in [4.69, 9.17) is 14.2 Å². The molecular formula is C15H22O4. The van der Waals surface area contributed by atoms with Crippen LogP contribution in [0.2, 0.25) is 0 Å². The van der Waals surface area contributed by atoms with Gasteiger partial charge in [0, 0.05) is 19.6 Å². The van der Waals surface area contributed by atoms with Crippen LogP contribution in [0, 0.1) is 5.92 Å². The second-order valence-electron chi connectivity index (χ2n) is 4.46. The molecule has 0 saturated carbocycles. The summed E-state index contributed by atoms with van der Waals surface area (Å²) in [5.74, 6) is 0.734. The lowest BCUT2D eigenvalue weighted by molar-refractivity contribution is -0.115. The monoisotopic (exact) mass is 266 g/mol. The molecule has 1 rings (SSSR count). The van der Waals surface area contributed by atoms with Gasteiger partial charge < -0.3 is 19.0 Å². The van der Waals surface area contributed by atoms with Gasteiger partial charge in [-0.25, -0.2) is 0 Å². The van der Waals surface area contributed by atoms with Crippen LogP contribution >= 0.6 is 0 Å². The van der Waals surface area contributed by atoms with E-state index in [1.807, 2.05) is 31.2 Å². The Hall–Kier alpha value is -1.39. The highest BCUT2D eigenvalue weighted by molar-refractivity contribution is 5.53. The predicted molar refractivity (Wildman–Crippen MR) is 73.3 cm³/mol. The van der Waals surface area contributed by atoms with Crippen LogP contribution in [0.5, 0.6) is 5.75 Å². The first-order chi connectivity index (χ1) is 9.21. The first-order valence-electron chi connectivity index (χ1n) is 6.40. The van der Waals surface area contributed by atoms with Crippen LogP contribution in [-0.2, 0) is 20.9 Å². The van der Waals surface area contributed by atoms with E-state index in [-0.39, 0.29) is 12.0 Å². The zero-order valence-electron chi connectivity index (χ0n) is 11.8. The van der Waals surface area contributed by atoms with Crippen molar-refractivity contribution in [2.45, 2.75) is 26.1 Å². The van der Waals surface area contributed by atoms with E-state index in [0.717, 1.165) is 17.6 Å². The minimum atomic E-state index is -0.102. The van der Waals surface area contributed by atoms with E-state index in [1.54, 1.807) is 14.2 Å². The first-order valence-corrected chi connectivity index (χ1v) is 6.40. The summed E-state index contributed by atoms with van der Waals surface area (Å²) in [6, 6.07) is 7.76. The molecule has 106 valence electrons. The van der Waals surface area contributed by atoms with E-state index in [1.165, 1.54) is 0 Å². The maximum absolute atomic E-state index is 10.7. The summed E-state index contributed by atoms with van der Waals surface area (Å²) in [7, 11) is 3.26. The van der Waals surface area contributed by atoms with Crippen molar-refractivity contribution in [3.63, 3.8) is 0 Å². The fourth-order valence-electron chi connectivity index (χ4n) is 1.79. The third-order valence-corrected chi connectivity index (χ3v) is 3.08. The summed E-state index contributed by atoms with van der Waals surface area (Å²) in [5, 5.41) is 0. The highest BCUT2D eigenvalue weighted by Crippen LogP contribution is 2.13. The van der Waals surface area contributed by atoms with Crippen LogP contribution in [0.3, 0.4) is 0 Å². The Kier molecular flexibility index (Phi) is 7.15. The van der Waals surface area contributed by atoms with E-state index in [2.05, 4.69) is 0 Å². The van der Waals surface area contributed by atoms with E-state index >= 15 is 0 Å². The third-order valence-electron chi connectivity index (χ3n) is 3.08. The minimum Gasteiger partial charge on any atom is -0.497 e. The molecule has 0 radical (unpaired) electrons. The lowest BCUT2D eigenvalue weighted by Crippen LogP contribution is -2.23. The molecule has 1 aromatic carbocycles. The fourth-order valence-corrected chi connectivity index (χ4v) is 1.79. The SMILES string of the molecule is COc1ccc(COCC[C@@H](OC)[C@@H](C)C=O)cc1. The van der Waals surface area contributed by atoms with Crippen LogP contribution in [0.15, 0.2) is 24.3 Å². The van der Waals surface area contributed by atoms with Gasteiger partial charge in [-0.15, -0.1) is 0 Å². The number of methoxy groups -OCH3 is 2. The molecule has 0 amide bonds. The summed E-state index contributed by atoms with van der Waals surface area (Å²) >= 11 is 0. The Bertz CT molecular complexity index is 361. The Morgan fingerprint density at radius 3 is 2.42 bits per heavy atom. The smallest absolute Gasteiger partial charge is 0.125 e. The van der Waals surface area contributed by atoms with Crippen molar-refractivity contribution < 1.29 is 19.0 Å². The Balaban J connectivity index is 2.27. The molecule has 0 aromatic heterocycles. The van der Waals surface area contributed by atoms with Gasteiger partial charge in [-0.3, -0.25) is 0 Å². The van der Waals surface area contributed by atoms with Crippen LogP contribution in [0.4, 0.5) is 0 Å². The lowest BCUT2D eigenvalue weighted by Gasteiger charge is -2.17. The molecule has 0 aliphatic heterocycles. The highest BCUT2D eigenvalue weighted by atomic mass is 16.5. The van der Waals surface area contributed by atoms with Crippen LogP contribution < -0.4 is 4.74 Å². The van der Waals surface area contributed by atoms with Gasteiger partial charge in [-0.05, 0) is 24.1 Å². The number of rotatable bonds is 9.